The van der Waals surface area contributed by atoms with Crippen LogP contribution in [0.2, 0.25) is 0 Å². The fourth-order valence-electron chi connectivity index (χ4n) is 1.52. The van der Waals surface area contributed by atoms with Crippen LogP contribution in [0.15, 0.2) is 30.7 Å². The minimum absolute atomic E-state index is 0.305. The number of hydrogen-bond donors (Lipinski definition) is 0. The largest absolute Gasteiger partial charge is 0.332 e. The second-order valence-electron chi connectivity index (χ2n) is 3.50. The third kappa shape index (κ3) is 2.37. The van der Waals surface area contributed by atoms with E-state index in [2.05, 4.69) is 4.98 Å². The van der Waals surface area contributed by atoms with E-state index in [1.165, 1.54) is 24.5 Å². The van der Waals surface area contributed by atoms with Gasteiger partial charge in [0.25, 0.3) is 0 Å². The number of hydrogen-bond acceptors (Lipinski definition) is 3. The predicted molar refractivity (Wildman–Crippen MR) is 57.8 cm³/mol. The zero-order valence-electron chi connectivity index (χ0n) is 8.80. The average molecular weight is 229 g/mol. The summed E-state index contributed by atoms with van der Waals surface area (Å²) in [6, 6.07) is 5.97. The number of nitriles is 1. The molecule has 0 radical (unpaired) electrons. The van der Waals surface area contributed by atoms with Crippen molar-refractivity contribution in [3.8, 4) is 6.07 Å². The molecule has 1 aromatic carbocycles. The number of nitrogens with zero attached hydrogens (tertiary/aromatic N) is 3. The molecule has 1 aromatic heterocycles. The Labute approximate surface area is 96.9 Å². The summed E-state index contributed by atoms with van der Waals surface area (Å²) in [4.78, 5) is 14.3. The molecule has 2 aromatic rings. The maximum atomic E-state index is 13.1. The van der Waals surface area contributed by atoms with Crippen LogP contribution in [0.25, 0.3) is 0 Å². The molecule has 17 heavy (non-hydrogen) atoms. The number of aromatic nitrogens is 2. The molecule has 0 aliphatic heterocycles. The number of aldehydes is 1. The van der Waals surface area contributed by atoms with Gasteiger partial charge >= 0.3 is 0 Å². The molecule has 0 unspecified atom stereocenters. The molecule has 0 atom stereocenters. The fourth-order valence-corrected chi connectivity index (χ4v) is 1.52. The maximum absolute atomic E-state index is 13.1. The molecular weight excluding hydrogens is 221 g/mol. The summed E-state index contributed by atoms with van der Waals surface area (Å²) in [7, 11) is 0. The Morgan fingerprint density at radius 3 is 3.00 bits per heavy atom. The molecule has 0 saturated carbocycles. The fraction of sp³-hybridized carbons (Fsp3) is 0.0833. The van der Waals surface area contributed by atoms with Gasteiger partial charge in [0.2, 0.25) is 0 Å². The van der Waals surface area contributed by atoms with Crippen molar-refractivity contribution in [3.05, 3.63) is 53.4 Å². The van der Waals surface area contributed by atoms with Crippen LogP contribution in [0.3, 0.4) is 0 Å². The highest BCUT2D eigenvalue weighted by Crippen LogP contribution is 2.12. The topological polar surface area (TPSA) is 58.7 Å². The highest BCUT2D eigenvalue weighted by atomic mass is 19.1. The lowest BCUT2D eigenvalue weighted by Gasteiger charge is -2.04. The molecule has 84 valence electrons. The van der Waals surface area contributed by atoms with Crippen LogP contribution >= 0.6 is 0 Å². The molecule has 0 fully saturated rings. The predicted octanol–water partition coefficient (Wildman–Crippen LogP) is 1.75. The van der Waals surface area contributed by atoms with E-state index in [0.717, 1.165) is 0 Å². The second-order valence-corrected chi connectivity index (χ2v) is 3.50. The Kier molecular flexibility index (Phi) is 2.97. The van der Waals surface area contributed by atoms with Crippen LogP contribution in [-0.2, 0) is 6.54 Å². The summed E-state index contributed by atoms with van der Waals surface area (Å²) >= 11 is 0. The minimum Gasteiger partial charge on any atom is -0.332 e. The van der Waals surface area contributed by atoms with Gasteiger partial charge in [0.1, 0.15) is 11.5 Å². The van der Waals surface area contributed by atoms with Crippen molar-refractivity contribution in [2.45, 2.75) is 6.54 Å². The van der Waals surface area contributed by atoms with Crippen molar-refractivity contribution in [2.24, 2.45) is 0 Å². The lowest BCUT2D eigenvalue weighted by Crippen LogP contribution is -2.00. The van der Waals surface area contributed by atoms with Crippen molar-refractivity contribution >= 4 is 6.29 Å². The first kappa shape index (κ1) is 11.0. The first-order chi connectivity index (χ1) is 8.22. The molecule has 0 saturated heterocycles. The molecule has 0 bridgehead atoms. The van der Waals surface area contributed by atoms with E-state index in [9.17, 15) is 9.18 Å². The minimum atomic E-state index is -0.394. The Balaban J connectivity index is 2.32. The van der Waals surface area contributed by atoms with E-state index in [1.54, 1.807) is 10.8 Å². The number of halogens is 1. The zero-order chi connectivity index (χ0) is 12.3. The van der Waals surface area contributed by atoms with Crippen molar-refractivity contribution in [1.82, 2.24) is 9.55 Å². The molecule has 0 aliphatic carbocycles. The normalized spacial score (nSPS) is 9.88. The smallest absolute Gasteiger partial charge is 0.169 e. The van der Waals surface area contributed by atoms with Crippen LogP contribution in [0.1, 0.15) is 21.6 Å². The summed E-state index contributed by atoms with van der Waals surface area (Å²) in [5.74, 6) is -0.394. The molecule has 2 rings (SSSR count). The van der Waals surface area contributed by atoms with E-state index in [4.69, 9.17) is 5.26 Å². The molecule has 0 aliphatic rings. The quantitative estimate of drug-likeness (QED) is 0.753. The molecule has 0 N–H and O–H groups in total. The van der Waals surface area contributed by atoms with Crippen molar-refractivity contribution in [1.29, 1.82) is 5.26 Å². The second kappa shape index (κ2) is 4.58. The number of carbonyl (C=O) groups is 1. The third-order valence-electron chi connectivity index (χ3n) is 2.31. The number of imidazole rings is 1. The van der Waals surface area contributed by atoms with Gasteiger partial charge in [-0.2, -0.15) is 5.26 Å². The molecular formula is C12H8FN3O. The van der Waals surface area contributed by atoms with E-state index < -0.39 is 5.82 Å². The van der Waals surface area contributed by atoms with Gasteiger partial charge in [-0.1, -0.05) is 0 Å². The van der Waals surface area contributed by atoms with Crippen LogP contribution in [0, 0.1) is 17.1 Å². The summed E-state index contributed by atoms with van der Waals surface area (Å²) in [6.07, 6.45) is 3.64. The van der Waals surface area contributed by atoms with Crippen LogP contribution in [0.5, 0.6) is 0 Å². The Hall–Kier alpha value is -2.48. The van der Waals surface area contributed by atoms with E-state index in [0.29, 0.717) is 29.7 Å². The highest BCUT2D eigenvalue weighted by molar-refractivity contribution is 5.70. The SMILES string of the molecule is N#Cc1ccc(F)cc1Cn1cnc(C=O)c1. The third-order valence-corrected chi connectivity index (χ3v) is 2.31. The van der Waals surface area contributed by atoms with Crippen LogP contribution < -0.4 is 0 Å². The first-order valence-corrected chi connectivity index (χ1v) is 4.88. The Morgan fingerprint density at radius 2 is 2.35 bits per heavy atom. The van der Waals surface area contributed by atoms with Crippen LogP contribution in [-0.4, -0.2) is 15.8 Å². The molecule has 1 heterocycles. The van der Waals surface area contributed by atoms with Gasteiger partial charge in [-0.25, -0.2) is 9.37 Å². The van der Waals surface area contributed by atoms with E-state index in [-0.39, 0.29) is 0 Å². The van der Waals surface area contributed by atoms with Gasteiger partial charge in [0, 0.05) is 12.7 Å². The average Bonchev–Trinajstić information content (AvgIpc) is 2.77. The Bertz CT molecular complexity index is 598. The lowest BCUT2D eigenvalue weighted by molar-refractivity contribution is 0.111. The van der Waals surface area contributed by atoms with Gasteiger partial charge < -0.3 is 4.57 Å². The number of benzene rings is 1. The summed E-state index contributed by atoms with van der Waals surface area (Å²) in [5.41, 5.74) is 1.27. The lowest BCUT2D eigenvalue weighted by atomic mass is 10.1. The van der Waals surface area contributed by atoms with Crippen molar-refractivity contribution < 1.29 is 9.18 Å². The summed E-state index contributed by atoms with van der Waals surface area (Å²) in [5, 5.41) is 8.89. The highest BCUT2D eigenvalue weighted by Gasteiger charge is 2.05. The summed E-state index contributed by atoms with van der Waals surface area (Å²) < 4.78 is 14.7. The van der Waals surface area contributed by atoms with Gasteiger partial charge in [-0.15, -0.1) is 0 Å². The van der Waals surface area contributed by atoms with E-state index in [1.807, 2.05) is 6.07 Å². The van der Waals surface area contributed by atoms with Gasteiger partial charge in [0.05, 0.1) is 18.0 Å². The molecule has 4 nitrogen and oxygen atoms in total. The van der Waals surface area contributed by atoms with Crippen molar-refractivity contribution in [3.63, 3.8) is 0 Å². The molecule has 0 spiro atoms. The maximum Gasteiger partial charge on any atom is 0.169 e. The number of carbonyl (C=O) groups excluding carboxylic acids is 1. The Morgan fingerprint density at radius 1 is 1.53 bits per heavy atom. The van der Waals surface area contributed by atoms with Crippen LogP contribution in [0.4, 0.5) is 4.39 Å². The standard InChI is InChI=1S/C12H8FN3O/c13-11-2-1-9(4-14)10(3-11)5-16-6-12(7-17)15-8-16/h1-3,6-8H,5H2. The molecule has 0 amide bonds. The van der Waals surface area contributed by atoms with Gasteiger partial charge in [-0.3, -0.25) is 4.79 Å². The van der Waals surface area contributed by atoms with Gasteiger partial charge in [0.15, 0.2) is 6.29 Å². The van der Waals surface area contributed by atoms with Gasteiger partial charge in [-0.05, 0) is 23.8 Å². The number of rotatable bonds is 3. The van der Waals surface area contributed by atoms with E-state index >= 15 is 0 Å². The van der Waals surface area contributed by atoms with Crippen molar-refractivity contribution in [2.75, 3.05) is 0 Å². The zero-order valence-corrected chi connectivity index (χ0v) is 8.80. The molecule has 5 heteroatoms. The first-order valence-electron chi connectivity index (χ1n) is 4.88. The monoisotopic (exact) mass is 229 g/mol. The summed E-state index contributed by atoms with van der Waals surface area (Å²) in [6.45, 7) is 0.307.